The van der Waals surface area contributed by atoms with Gasteiger partial charge in [-0.05, 0) is 74.2 Å². The first-order chi connectivity index (χ1) is 33.3. The summed E-state index contributed by atoms with van der Waals surface area (Å²) in [4.78, 5) is 77.5. The zero-order valence-corrected chi connectivity index (χ0v) is 37.9. The van der Waals surface area contributed by atoms with Gasteiger partial charge in [0.2, 0.25) is 11.8 Å². The minimum atomic E-state index is -0.244. The Hall–Kier alpha value is -6.48. The number of hydrogen-bond donors (Lipinski definition) is 4. The van der Waals surface area contributed by atoms with Crippen molar-refractivity contribution in [2.24, 2.45) is 0 Å². The van der Waals surface area contributed by atoms with E-state index < -0.39 is 0 Å². The van der Waals surface area contributed by atoms with E-state index in [1.165, 1.54) is 0 Å². The van der Waals surface area contributed by atoms with Crippen molar-refractivity contribution in [3.63, 3.8) is 0 Å². The predicted molar refractivity (Wildman–Crippen MR) is 249 cm³/mol. The van der Waals surface area contributed by atoms with Gasteiger partial charge in [0, 0.05) is 85.7 Å². The van der Waals surface area contributed by atoms with Crippen LogP contribution in [0, 0.1) is 0 Å². The summed E-state index contributed by atoms with van der Waals surface area (Å²) in [7, 11) is 0. The summed E-state index contributed by atoms with van der Waals surface area (Å²) >= 11 is 0. The molecule has 2 unspecified atom stereocenters. The van der Waals surface area contributed by atoms with Crippen LogP contribution >= 0.6 is 0 Å². The van der Waals surface area contributed by atoms with E-state index in [9.17, 15) is 19.2 Å². The van der Waals surface area contributed by atoms with Gasteiger partial charge in [-0.1, -0.05) is 0 Å². The Kier molecular flexibility index (Phi) is 12.5. The molecule has 2 aromatic carbocycles. The highest BCUT2D eigenvalue weighted by atomic mass is 16.5. The molecular weight excluding hydrogens is 873 g/mol. The molecule has 2 atom stereocenters. The van der Waals surface area contributed by atoms with Crippen LogP contribution in [0.4, 0.5) is 32.6 Å². The lowest BCUT2D eigenvalue weighted by atomic mass is 9.97. The topological polar surface area (TPSA) is 218 Å². The van der Waals surface area contributed by atoms with Gasteiger partial charge in [0.25, 0.3) is 0 Å². The van der Waals surface area contributed by atoms with Gasteiger partial charge < -0.3 is 59.8 Å². The molecule has 12 rings (SSSR count). The number of morpholine rings is 2. The maximum Gasteiger partial charge on any atom is 0.319 e. The van der Waals surface area contributed by atoms with Gasteiger partial charge in [-0.3, -0.25) is 9.59 Å². The highest BCUT2D eigenvalue weighted by molar-refractivity contribution is 5.90. The lowest BCUT2D eigenvalue weighted by molar-refractivity contribution is -0.130. The highest BCUT2D eigenvalue weighted by Gasteiger charge is 2.41. The van der Waals surface area contributed by atoms with E-state index in [-0.39, 0.29) is 48.0 Å². The Morgan fingerprint density at radius 1 is 0.500 bits per heavy atom. The molecular formula is C48H56N12O8. The summed E-state index contributed by atoms with van der Waals surface area (Å²) < 4.78 is 21.3. The Balaban J connectivity index is 0.000000149. The molecule has 0 radical (unpaired) electrons. The number of amides is 6. The number of rotatable bonds is 8. The van der Waals surface area contributed by atoms with Crippen molar-refractivity contribution >= 4 is 46.9 Å². The number of aromatic nitrogens is 4. The third-order valence-electron chi connectivity index (χ3n) is 13.9. The summed E-state index contributed by atoms with van der Waals surface area (Å²) in [6, 6.07) is 14.8. The normalized spacial score (nSPS) is 22.1. The molecule has 20 nitrogen and oxygen atoms in total. The Morgan fingerprint density at radius 3 is 1.26 bits per heavy atom. The molecule has 2 aromatic heterocycles. The molecule has 10 heterocycles. The maximum atomic E-state index is 12.4. The summed E-state index contributed by atoms with van der Waals surface area (Å²) in [5.74, 6) is 3.64. The van der Waals surface area contributed by atoms with Crippen LogP contribution in [0.2, 0.25) is 0 Å². The first-order valence-corrected chi connectivity index (χ1v) is 23.9. The van der Waals surface area contributed by atoms with Crippen molar-refractivity contribution < 1.29 is 38.1 Å². The molecule has 8 aliphatic heterocycles. The van der Waals surface area contributed by atoms with Gasteiger partial charge in [-0.25, -0.2) is 29.5 Å². The van der Waals surface area contributed by atoms with E-state index in [4.69, 9.17) is 38.9 Å². The van der Waals surface area contributed by atoms with E-state index in [0.717, 1.165) is 110 Å². The number of fused-ring (bicyclic) bond motifs is 6. The lowest BCUT2D eigenvalue weighted by Gasteiger charge is -2.36. The largest absolute Gasteiger partial charge is 0.378 e. The van der Waals surface area contributed by atoms with Gasteiger partial charge in [0.05, 0.1) is 88.4 Å². The summed E-state index contributed by atoms with van der Waals surface area (Å²) in [5.41, 5.74) is 7.42. The van der Waals surface area contributed by atoms with Gasteiger partial charge in [-0.2, -0.15) is 0 Å². The van der Waals surface area contributed by atoms with Gasteiger partial charge in [0.15, 0.2) is 11.6 Å². The lowest BCUT2D eigenvalue weighted by Crippen LogP contribution is -2.49. The van der Waals surface area contributed by atoms with Crippen molar-refractivity contribution in [3.05, 3.63) is 71.0 Å². The fourth-order valence-electron chi connectivity index (χ4n) is 10.2. The second-order valence-electron chi connectivity index (χ2n) is 18.3. The number of urea groups is 2. The molecule has 8 aliphatic rings. The van der Waals surface area contributed by atoms with Crippen molar-refractivity contribution in [2.75, 3.05) is 113 Å². The third kappa shape index (κ3) is 9.12. The van der Waals surface area contributed by atoms with Crippen LogP contribution in [0.25, 0.3) is 22.8 Å². The number of hydrogen-bond acceptors (Lipinski definition) is 14. The van der Waals surface area contributed by atoms with Gasteiger partial charge >= 0.3 is 12.1 Å². The number of carbonyl (C=O) groups excluding carboxylic acids is 4. The molecule has 356 valence electrons. The Morgan fingerprint density at radius 2 is 0.897 bits per heavy atom. The van der Waals surface area contributed by atoms with Crippen LogP contribution in [-0.2, 0) is 41.4 Å². The molecule has 6 amide bonds. The molecule has 20 heteroatoms. The predicted octanol–water partition coefficient (Wildman–Crippen LogP) is 3.44. The second kappa shape index (κ2) is 19.3. The van der Waals surface area contributed by atoms with Crippen LogP contribution < -0.4 is 31.1 Å². The van der Waals surface area contributed by atoms with E-state index in [1.54, 1.807) is 0 Å². The first-order valence-electron chi connectivity index (χ1n) is 23.9. The molecule has 0 saturated carbocycles. The average molecular weight is 929 g/mol. The molecule has 4 aromatic rings. The van der Waals surface area contributed by atoms with Crippen molar-refractivity contribution in [1.82, 2.24) is 40.4 Å². The fraction of sp³-hybridized carbons (Fsp3) is 0.500. The van der Waals surface area contributed by atoms with E-state index in [1.807, 2.05) is 58.3 Å². The average Bonchev–Trinajstić information content (AvgIpc) is 3.93. The molecule has 6 fully saturated rings. The number of carbonyl (C=O) groups is 4. The van der Waals surface area contributed by atoms with E-state index >= 15 is 0 Å². The van der Waals surface area contributed by atoms with Crippen molar-refractivity contribution in [3.8, 4) is 22.8 Å². The van der Waals surface area contributed by atoms with Crippen LogP contribution in [0.3, 0.4) is 0 Å². The monoisotopic (exact) mass is 928 g/mol. The van der Waals surface area contributed by atoms with Crippen LogP contribution in [-0.4, -0.2) is 158 Å². The number of ether oxygens (including phenoxy) is 4. The van der Waals surface area contributed by atoms with Crippen molar-refractivity contribution in [2.45, 2.75) is 62.7 Å². The number of benzene rings is 2. The molecule has 68 heavy (non-hydrogen) atoms. The van der Waals surface area contributed by atoms with E-state index in [2.05, 4.69) is 31.1 Å². The van der Waals surface area contributed by atoms with Gasteiger partial charge in [0.1, 0.15) is 11.6 Å². The van der Waals surface area contributed by atoms with Crippen molar-refractivity contribution in [1.29, 1.82) is 0 Å². The zero-order valence-electron chi connectivity index (χ0n) is 37.9. The fourth-order valence-corrected chi connectivity index (χ4v) is 10.2. The highest BCUT2D eigenvalue weighted by Crippen LogP contribution is 2.43. The van der Waals surface area contributed by atoms with E-state index in [0.29, 0.717) is 88.7 Å². The molecule has 0 spiro atoms. The summed E-state index contributed by atoms with van der Waals surface area (Å²) in [6.07, 6.45) is 4.30. The maximum absolute atomic E-state index is 12.4. The third-order valence-corrected chi connectivity index (χ3v) is 13.9. The Labute approximate surface area is 393 Å². The smallest absolute Gasteiger partial charge is 0.319 e. The first kappa shape index (κ1) is 44.1. The van der Waals surface area contributed by atoms with Crippen LogP contribution in [0.15, 0.2) is 48.5 Å². The minimum Gasteiger partial charge on any atom is -0.378 e. The molecule has 4 N–H and O–H groups in total. The quantitative estimate of drug-likeness (QED) is 0.199. The molecule has 0 bridgehead atoms. The second-order valence-corrected chi connectivity index (χ2v) is 18.3. The zero-order chi connectivity index (χ0) is 46.1. The minimum absolute atomic E-state index is 0.0258. The number of nitrogens with one attached hydrogen (secondary N) is 4. The van der Waals surface area contributed by atoms with Crippen LogP contribution in [0.1, 0.15) is 60.3 Å². The van der Waals surface area contributed by atoms with Gasteiger partial charge in [-0.15, -0.1) is 0 Å². The summed E-state index contributed by atoms with van der Waals surface area (Å²) in [6.45, 7) is 9.55. The standard InChI is InChI=1S/2C24H28N6O4/c2*31-20-6-5-19-21-18(7-8-30(19)20)23(29-9-11-33-12-10-29)28-22(27-21)15-1-3-16(4-2-15)25-24(32)26-17-13-34-14-17/h2*1-4,17,19H,5-14H2,(H2,25,26,32). The SMILES string of the molecule is O=C(Nc1ccc(-c2nc3c(c(N4CCOCC4)n2)CCN2C(=O)CCC32)cc1)NC1COC1.O=C(Nc1ccc(-c2nc3c(c(N4CCOCC4)n2)CCN2C(=O)CCC32)cc1)NC1COC1. The molecule has 6 saturated heterocycles. The van der Waals surface area contributed by atoms with Crippen LogP contribution in [0.5, 0.6) is 0 Å². The number of anilines is 4. The Bertz CT molecular complexity index is 2370. The summed E-state index contributed by atoms with van der Waals surface area (Å²) in [5, 5.41) is 11.4. The number of nitrogens with zero attached hydrogens (tertiary/aromatic N) is 8. The molecule has 0 aliphatic carbocycles.